The zero-order valence-electron chi connectivity index (χ0n) is 16.5. The summed E-state index contributed by atoms with van der Waals surface area (Å²) in [6, 6.07) is 8.25. The van der Waals surface area contributed by atoms with Gasteiger partial charge in [0, 0.05) is 11.7 Å². The number of aryl methyl sites for hydroxylation is 2. The molecule has 5 heteroatoms. The van der Waals surface area contributed by atoms with Gasteiger partial charge < -0.3 is 15.0 Å². The first kappa shape index (κ1) is 19.4. The van der Waals surface area contributed by atoms with Crippen molar-refractivity contribution in [1.82, 2.24) is 10.3 Å². The van der Waals surface area contributed by atoms with Gasteiger partial charge in [-0.25, -0.2) is 4.79 Å². The molecule has 0 aliphatic heterocycles. The number of hydrogen-bond acceptors (Lipinski definition) is 4. The standard InChI is InChI=1S/C22H28N2O3/c1-5-27-22(26)19-13(2)20(24-14(19)3)21(25)15(4)23-18-12-8-10-16-9-6-7-11-17(16)18/h6-7,9,11,15,18,23-24H,5,8,10,12H2,1-4H3/t15-,18-/m0/s1. The number of aromatic amines is 1. The first-order valence-corrected chi connectivity index (χ1v) is 9.68. The minimum absolute atomic E-state index is 0.0331. The second-order valence-electron chi connectivity index (χ2n) is 7.24. The van der Waals surface area contributed by atoms with E-state index < -0.39 is 0 Å². The van der Waals surface area contributed by atoms with Crippen LogP contribution in [0.1, 0.15) is 76.0 Å². The molecule has 3 rings (SSSR count). The minimum Gasteiger partial charge on any atom is -0.462 e. The van der Waals surface area contributed by atoms with Crippen molar-refractivity contribution < 1.29 is 14.3 Å². The number of rotatable bonds is 6. The Labute approximate surface area is 160 Å². The monoisotopic (exact) mass is 368 g/mol. The number of nitrogens with one attached hydrogen (secondary N) is 2. The Balaban J connectivity index is 1.79. The third kappa shape index (κ3) is 3.83. The molecule has 2 aromatic rings. The lowest BCUT2D eigenvalue weighted by Crippen LogP contribution is -2.38. The van der Waals surface area contributed by atoms with Crippen molar-refractivity contribution in [2.75, 3.05) is 6.61 Å². The highest BCUT2D eigenvalue weighted by molar-refractivity contribution is 6.03. The molecule has 1 aromatic carbocycles. The maximum atomic E-state index is 13.1. The van der Waals surface area contributed by atoms with E-state index in [2.05, 4.69) is 34.6 Å². The number of esters is 1. The van der Waals surface area contributed by atoms with Crippen LogP contribution in [-0.4, -0.2) is 29.4 Å². The van der Waals surface area contributed by atoms with Crippen LogP contribution in [0.25, 0.3) is 0 Å². The van der Waals surface area contributed by atoms with E-state index >= 15 is 0 Å². The molecule has 0 saturated carbocycles. The number of H-pyrrole nitrogens is 1. The van der Waals surface area contributed by atoms with Crippen molar-refractivity contribution in [2.45, 2.75) is 59.0 Å². The molecule has 1 aromatic heterocycles. The smallest absolute Gasteiger partial charge is 0.340 e. The Morgan fingerprint density at radius 3 is 2.78 bits per heavy atom. The van der Waals surface area contributed by atoms with E-state index in [1.54, 1.807) is 20.8 Å². The Hall–Kier alpha value is -2.40. The molecular formula is C22H28N2O3. The zero-order chi connectivity index (χ0) is 19.6. The van der Waals surface area contributed by atoms with Crippen LogP contribution in [0.4, 0.5) is 0 Å². The number of hydrogen-bond donors (Lipinski definition) is 2. The number of benzene rings is 1. The number of carbonyl (C=O) groups is 2. The number of carbonyl (C=O) groups excluding carboxylic acids is 2. The van der Waals surface area contributed by atoms with Crippen LogP contribution in [0.15, 0.2) is 24.3 Å². The molecule has 1 aliphatic rings. The van der Waals surface area contributed by atoms with Crippen molar-refractivity contribution >= 4 is 11.8 Å². The SMILES string of the molecule is CCOC(=O)c1c(C)[nH]c(C(=O)[C@H](C)N[C@H]2CCCc3ccccc32)c1C. The lowest BCUT2D eigenvalue weighted by Gasteiger charge is -2.28. The second kappa shape index (κ2) is 8.09. The summed E-state index contributed by atoms with van der Waals surface area (Å²) in [4.78, 5) is 28.3. The molecular weight excluding hydrogens is 340 g/mol. The largest absolute Gasteiger partial charge is 0.462 e. The number of fused-ring (bicyclic) bond motifs is 1. The Morgan fingerprint density at radius 2 is 2.04 bits per heavy atom. The molecule has 0 fully saturated rings. The van der Waals surface area contributed by atoms with Crippen LogP contribution in [0.5, 0.6) is 0 Å². The van der Waals surface area contributed by atoms with Crippen LogP contribution in [0.3, 0.4) is 0 Å². The fraction of sp³-hybridized carbons (Fsp3) is 0.455. The summed E-state index contributed by atoms with van der Waals surface area (Å²) in [7, 11) is 0. The van der Waals surface area contributed by atoms with Crippen LogP contribution in [-0.2, 0) is 11.2 Å². The normalized spacial score (nSPS) is 17.3. The van der Waals surface area contributed by atoms with Gasteiger partial charge in [-0.3, -0.25) is 4.79 Å². The van der Waals surface area contributed by atoms with Gasteiger partial charge in [-0.2, -0.15) is 0 Å². The fourth-order valence-corrected chi connectivity index (χ4v) is 4.03. The Kier molecular flexibility index (Phi) is 5.80. The summed E-state index contributed by atoms with van der Waals surface area (Å²) < 4.78 is 5.12. The predicted octanol–water partition coefficient (Wildman–Crippen LogP) is 4.05. The maximum Gasteiger partial charge on any atom is 0.340 e. The quantitative estimate of drug-likeness (QED) is 0.596. The van der Waals surface area contributed by atoms with Gasteiger partial charge in [0.15, 0.2) is 5.78 Å². The highest BCUT2D eigenvalue weighted by Crippen LogP contribution is 2.30. The van der Waals surface area contributed by atoms with Gasteiger partial charge in [-0.1, -0.05) is 24.3 Å². The molecule has 0 bridgehead atoms. The molecule has 1 heterocycles. The summed E-state index contributed by atoms with van der Waals surface area (Å²) in [5.41, 5.74) is 4.93. The van der Waals surface area contributed by atoms with Gasteiger partial charge in [0.2, 0.25) is 0 Å². The molecule has 2 N–H and O–H groups in total. The van der Waals surface area contributed by atoms with Crippen LogP contribution in [0.2, 0.25) is 0 Å². The van der Waals surface area contributed by atoms with Crippen LogP contribution < -0.4 is 5.32 Å². The molecule has 0 radical (unpaired) electrons. The van der Waals surface area contributed by atoms with Gasteiger partial charge in [-0.05, 0) is 63.6 Å². The molecule has 0 saturated heterocycles. The predicted molar refractivity (Wildman–Crippen MR) is 105 cm³/mol. The van der Waals surface area contributed by atoms with Crippen molar-refractivity contribution in [1.29, 1.82) is 0 Å². The number of ether oxygens (including phenoxy) is 1. The first-order valence-electron chi connectivity index (χ1n) is 9.68. The molecule has 5 nitrogen and oxygen atoms in total. The third-order valence-electron chi connectivity index (χ3n) is 5.38. The van der Waals surface area contributed by atoms with Gasteiger partial charge in [0.1, 0.15) is 0 Å². The topological polar surface area (TPSA) is 71.2 Å². The summed E-state index contributed by atoms with van der Waals surface area (Å²) in [6.07, 6.45) is 3.23. The number of Topliss-reactive ketones (excluding diaryl/α,β-unsaturated/α-hetero) is 1. The highest BCUT2D eigenvalue weighted by atomic mass is 16.5. The lowest BCUT2D eigenvalue weighted by molar-refractivity contribution is 0.0525. The molecule has 1 aliphatic carbocycles. The van der Waals surface area contributed by atoms with E-state index in [1.807, 2.05) is 6.92 Å². The number of aromatic nitrogens is 1. The van der Waals surface area contributed by atoms with Crippen molar-refractivity contribution in [3.63, 3.8) is 0 Å². The molecule has 27 heavy (non-hydrogen) atoms. The van der Waals surface area contributed by atoms with Crippen molar-refractivity contribution in [3.8, 4) is 0 Å². The highest BCUT2D eigenvalue weighted by Gasteiger charge is 2.28. The Bertz CT molecular complexity index is 853. The lowest BCUT2D eigenvalue weighted by atomic mass is 9.87. The van der Waals surface area contributed by atoms with Gasteiger partial charge >= 0.3 is 5.97 Å². The maximum absolute atomic E-state index is 13.1. The minimum atomic E-state index is -0.385. The summed E-state index contributed by atoms with van der Waals surface area (Å²) in [5.74, 6) is -0.418. The molecule has 0 unspecified atom stereocenters. The third-order valence-corrected chi connectivity index (χ3v) is 5.38. The summed E-state index contributed by atoms with van der Waals surface area (Å²) >= 11 is 0. The molecule has 0 amide bonds. The van der Waals surface area contributed by atoms with Gasteiger partial charge in [0.25, 0.3) is 0 Å². The van der Waals surface area contributed by atoms with Crippen LogP contribution in [0, 0.1) is 13.8 Å². The van der Waals surface area contributed by atoms with Gasteiger partial charge in [0.05, 0.1) is 23.9 Å². The average molecular weight is 368 g/mol. The van der Waals surface area contributed by atoms with E-state index in [1.165, 1.54) is 11.1 Å². The van der Waals surface area contributed by atoms with Crippen molar-refractivity contribution in [2.24, 2.45) is 0 Å². The number of ketones is 1. The zero-order valence-corrected chi connectivity index (χ0v) is 16.5. The average Bonchev–Trinajstić information content (AvgIpc) is 2.95. The molecule has 0 spiro atoms. The molecule has 144 valence electrons. The summed E-state index contributed by atoms with van der Waals surface area (Å²) in [6.45, 7) is 7.57. The second-order valence-corrected chi connectivity index (χ2v) is 7.24. The Morgan fingerprint density at radius 1 is 1.30 bits per heavy atom. The summed E-state index contributed by atoms with van der Waals surface area (Å²) in [5, 5.41) is 3.50. The van der Waals surface area contributed by atoms with E-state index in [0.717, 1.165) is 19.3 Å². The van der Waals surface area contributed by atoms with E-state index in [-0.39, 0.29) is 23.8 Å². The van der Waals surface area contributed by atoms with Gasteiger partial charge in [-0.15, -0.1) is 0 Å². The van der Waals surface area contributed by atoms with E-state index in [4.69, 9.17) is 4.74 Å². The fourth-order valence-electron chi connectivity index (χ4n) is 4.03. The van der Waals surface area contributed by atoms with E-state index in [0.29, 0.717) is 29.1 Å². The van der Waals surface area contributed by atoms with Crippen LogP contribution >= 0.6 is 0 Å². The van der Waals surface area contributed by atoms with E-state index in [9.17, 15) is 9.59 Å². The molecule has 2 atom stereocenters. The van der Waals surface area contributed by atoms with Crippen molar-refractivity contribution in [3.05, 3.63) is 57.9 Å². The first-order chi connectivity index (χ1) is 12.9.